The Labute approximate surface area is 71.6 Å². The van der Waals surface area contributed by atoms with Gasteiger partial charge in [-0.3, -0.25) is 4.79 Å². The van der Waals surface area contributed by atoms with Crippen LogP contribution in [0.15, 0.2) is 12.2 Å². The summed E-state index contributed by atoms with van der Waals surface area (Å²) < 4.78 is 5.74. The van der Waals surface area contributed by atoms with E-state index in [-0.39, 0.29) is 11.7 Å². The lowest BCUT2D eigenvalue weighted by Crippen LogP contribution is -2.26. The molecule has 2 aliphatic heterocycles. The Hall–Kier alpha value is -0.630. The van der Waals surface area contributed by atoms with Gasteiger partial charge in [-0.1, -0.05) is 12.2 Å². The molecule has 12 heavy (non-hydrogen) atoms. The Morgan fingerprint density at radius 2 is 2.33 bits per heavy atom. The minimum absolute atomic E-state index is 0.105. The predicted octanol–water partition coefficient (Wildman–Crippen LogP) is 1.16. The van der Waals surface area contributed by atoms with Gasteiger partial charge < -0.3 is 4.74 Å². The number of ketones is 1. The van der Waals surface area contributed by atoms with E-state index in [1.165, 1.54) is 0 Å². The molecule has 2 nitrogen and oxygen atoms in total. The number of ether oxygens (including phenoxy) is 1. The van der Waals surface area contributed by atoms with Crippen LogP contribution in [-0.2, 0) is 9.53 Å². The summed E-state index contributed by atoms with van der Waals surface area (Å²) >= 11 is 0. The second-order valence-corrected chi connectivity index (χ2v) is 4.36. The lowest BCUT2D eigenvalue weighted by atomic mass is 9.96. The van der Waals surface area contributed by atoms with Gasteiger partial charge in [0.15, 0.2) is 0 Å². The number of hydrogen-bond acceptors (Lipinski definition) is 2. The summed E-state index contributed by atoms with van der Waals surface area (Å²) in [5.74, 6) is 1.64. The summed E-state index contributed by atoms with van der Waals surface area (Å²) in [6.45, 7) is 3.79. The minimum atomic E-state index is -0.105. The Bertz CT molecular complexity index is 294. The van der Waals surface area contributed by atoms with Gasteiger partial charge >= 0.3 is 0 Å². The first-order valence-corrected chi connectivity index (χ1v) is 4.51. The second-order valence-electron chi connectivity index (χ2n) is 4.36. The summed E-state index contributed by atoms with van der Waals surface area (Å²) in [5.41, 5.74) is -0.105. The predicted molar refractivity (Wildman–Crippen MR) is 43.6 cm³/mol. The van der Waals surface area contributed by atoms with Crippen molar-refractivity contribution in [2.75, 3.05) is 0 Å². The van der Waals surface area contributed by atoms with Gasteiger partial charge in [-0.2, -0.15) is 0 Å². The highest BCUT2D eigenvalue weighted by molar-refractivity contribution is 5.83. The van der Waals surface area contributed by atoms with Gasteiger partial charge in [0.2, 0.25) is 0 Å². The van der Waals surface area contributed by atoms with Crippen molar-refractivity contribution in [3.05, 3.63) is 12.2 Å². The highest BCUT2D eigenvalue weighted by Gasteiger charge is 2.71. The lowest BCUT2D eigenvalue weighted by molar-refractivity contribution is -0.121. The van der Waals surface area contributed by atoms with E-state index in [9.17, 15) is 4.79 Å². The van der Waals surface area contributed by atoms with E-state index in [1.54, 1.807) is 6.92 Å². The van der Waals surface area contributed by atoms with Crippen molar-refractivity contribution in [1.82, 2.24) is 0 Å². The molecule has 5 atom stereocenters. The Balaban J connectivity index is 1.96. The van der Waals surface area contributed by atoms with Crippen LogP contribution in [0.1, 0.15) is 13.8 Å². The average molecular weight is 164 g/mol. The number of Topliss-reactive ketones (excluding diaryl/α,β-unsaturated/α-hetero) is 1. The summed E-state index contributed by atoms with van der Waals surface area (Å²) in [6, 6.07) is 0. The van der Waals surface area contributed by atoms with E-state index in [1.807, 2.05) is 0 Å². The Morgan fingerprint density at radius 3 is 2.83 bits per heavy atom. The van der Waals surface area contributed by atoms with E-state index in [0.717, 1.165) is 0 Å². The molecule has 0 aromatic heterocycles. The van der Waals surface area contributed by atoms with E-state index >= 15 is 0 Å². The molecule has 1 aliphatic carbocycles. The number of carbonyl (C=O) groups excluding carboxylic acids is 1. The first-order valence-electron chi connectivity index (χ1n) is 4.51. The molecule has 1 saturated carbocycles. The van der Waals surface area contributed by atoms with E-state index in [2.05, 4.69) is 19.1 Å². The van der Waals surface area contributed by atoms with Crippen LogP contribution in [0.4, 0.5) is 0 Å². The topological polar surface area (TPSA) is 26.3 Å². The largest absolute Gasteiger partial charge is 0.363 e. The van der Waals surface area contributed by atoms with Gasteiger partial charge in [0.25, 0.3) is 0 Å². The molecule has 3 rings (SSSR count). The smallest absolute Gasteiger partial charge is 0.133 e. The number of hydrogen-bond donors (Lipinski definition) is 0. The molecule has 2 bridgehead atoms. The molecule has 0 radical (unpaired) electrons. The van der Waals surface area contributed by atoms with E-state index < -0.39 is 0 Å². The first kappa shape index (κ1) is 6.84. The molecule has 3 aliphatic rings. The second kappa shape index (κ2) is 1.67. The van der Waals surface area contributed by atoms with E-state index in [4.69, 9.17) is 4.74 Å². The van der Waals surface area contributed by atoms with Gasteiger partial charge in [-0.25, -0.2) is 0 Å². The van der Waals surface area contributed by atoms with Crippen molar-refractivity contribution < 1.29 is 9.53 Å². The van der Waals surface area contributed by atoms with Crippen LogP contribution in [0.25, 0.3) is 0 Å². The van der Waals surface area contributed by atoms with Crippen LogP contribution in [0.5, 0.6) is 0 Å². The van der Waals surface area contributed by atoms with Crippen molar-refractivity contribution >= 4 is 5.78 Å². The monoisotopic (exact) mass is 164 g/mol. The van der Waals surface area contributed by atoms with Crippen LogP contribution in [0.2, 0.25) is 0 Å². The van der Waals surface area contributed by atoms with Crippen molar-refractivity contribution in [3.8, 4) is 0 Å². The summed E-state index contributed by atoms with van der Waals surface area (Å²) in [6.07, 6.45) is 4.49. The molecule has 2 fully saturated rings. The fourth-order valence-electron chi connectivity index (χ4n) is 3.06. The highest BCUT2D eigenvalue weighted by atomic mass is 16.5. The van der Waals surface area contributed by atoms with Crippen LogP contribution >= 0.6 is 0 Å². The fraction of sp³-hybridized carbons (Fsp3) is 0.700. The maximum Gasteiger partial charge on any atom is 0.133 e. The van der Waals surface area contributed by atoms with Gasteiger partial charge in [0.05, 0.1) is 11.7 Å². The molecular weight excluding hydrogens is 152 g/mol. The maximum atomic E-state index is 11.2. The zero-order chi connectivity index (χ0) is 8.51. The zero-order valence-corrected chi connectivity index (χ0v) is 7.28. The normalized spacial score (nSPS) is 58.8. The third-order valence-electron chi connectivity index (χ3n) is 3.59. The Kier molecular flexibility index (Phi) is 0.950. The minimum Gasteiger partial charge on any atom is -0.363 e. The standard InChI is InChI=1S/C10H12O2/c1-5(11)7-8-6-3-4-10(2,12-6)9(7)8/h3-4,6-9H,1-2H3. The summed E-state index contributed by atoms with van der Waals surface area (Å²) in [7, 11) is 0. The van der Waals surface area contributed by atoms with Crippen molar-refractivity contribution in [2.45, 2.75) is 25.6 Å². The van der Waals surface area contributed by atoms with Gasteiger partial charge in [-0.05, 0) is 13.8 Å². The van der Waals surface area contributed by atoms with E-state index in [0.29, 0.717) is 23.5 Å². The molecule has 5 unspecified atom stereocenters. The molecule has 0 aromatic rings. The van der Waals surface area contributed by atoms with Crippen LogP contribution in [-0.4, -0.2) is 17.5 Å². The third-order valence-corrected chi connectivity index (χ3v) is 3.59. The van der Waals surface area contributed by atoms with Crippen LogP contribution in [0.3, 0.4) is 0 Å². The Morgan fingerprint density at radius 1 is 1.58 bits per heavy atom. The maximum absolute atomic E-state index is 11.2. The van der Waals surface area contributed by atoms with Crippen LogP contribution in [0, 0.1) is 17.8 Å². The molecule has 2 heteroatoms. The molecule has 0 spiro atoms. The summed E-state index contributed by atoms with van der Waals surface area (Å²) in [5, 5.41) is 0. The highest BCUT2D eigenvalue weighted by Crippen LogP contribution is 2.65. The summed E-state index contributed by atoms with van der Waals surface area (Å²) in [4.78, 5) is 11.2. The van der Waals surface area contributed by atoms with Crippen LogP contribution < -0.4 is 0 Å². The molecule has 1 saturated heterocycles. The molecule has 0 aromatic carbocycles. The first-order chi connectivity index (χ1) is 5.63. The molecule has 2 heterocycles. The molecule has 64 valence electrons. The molecule has 0 N–H and O–H groups in total. The lowest BCUT2D eigenvalue weighted by Gasteiger charge is -2.20. The molecule has 0 amide bonds. The van der Waals surface area contributed by atoms with Gasteiger partial charge in [0, 0.05) is 17.8 Å². The third kappa shape index (κ3) is 0.556. The van der Waals surface area contributed by atoms with Gasteiger partial charge in [-0.15, -0.1) is 0 Å². The van der Waals surface area contributed by atoms with Gasteiger partial charge in [0.1, 0.15) is 5.78 Å². The fourth-order valence-corrected chi connectivity index (χ4v) is 3.06. The number of fused-ring (bicyclic) bond motifs is 5. The number of rotatable bonds is 1. The zero-order valence-electron chi connectivity index (χ0n) is 7.28. The van der Waals surface area contributed by atoms with Crippen molar-refractivity contribution in [1.29, 1.82) is 0 Å². The quantitative estimate of drug-likeness (QED) is 0.544. The SMILES string of the molecule is CC(=O)C1C2C3C=CC(C)(O3)C12. The average Bonchev–Trinajstić information content (AvgIpc) is 2.58. The molecular formula is C10H12O2. The van der Waals surface area contributed by atoms with Crippen molar-refractivity contribution in [3.63, 3.8) is 0 Å². The number of carbonyl (C=O) groups is 1. The van der Waals surface area contributed by atoms with Crippen molar-refractivity contribution in [2.24, 2.45) is 17.8 Å².